The first-order valence-electron chi connectivity index (χ1n) is 11.9. The third kappa shape index (κ3) is 6.32. The summed E-state index contributed by atoms with van der Waals surface area (Å²) in [7, 11) is 1.65. The summed E-state index contributed by atoms with van der Waals surface area (Å²) in [4.78, 5) is 19.6. The number of carbonyl (C=O) groups is 1. The predicted octanol–water partition coefficient (Wildman–Crippen LogP) is 6.96. The summed E-state index contributed by atoms with van der Waals surface area (Å²) in [6, 6.07) is 21.2. The monoisotopic (exact) mass is 505 g/mol. The molecule has 186 valence electrons. The van der Waals surface area contributed by atoms with E-state index in [1.165, 1.54) is 12.1 Å². The first-order valence-corrected chi connectivity index (χ1v) is 12.3. The van der Waals surface area contributed by atoms with Crippen LogP contribution in [0.15, 0.2) is 79.0 Å². The van der Waals surface area contributed by atoms with Crippen LogP contribution in [0.4, 0.5) is 10.1 Å². The number of hydrogen-bond donors (Lipinski definition) is 1. The van der Waals surface area contributed by atoms with E-state index in [1.807, 2.05) is 24.3 Å². The number of methoxy groups -OCH3 is 1. The summed E-state index contributed by atoms with van der Waals surface area (Å²) >= 11 is 6.31. The minimum absolute atomic E-state index is 0.130. The Morgan fingerprint density at radius 3 is 2.64 bits per heavy atom. The van der Waals surface area contributed by atoms with Gasteiger partial charge in [0.1, 0.15) is 11.6 Å². The van der Waals surface area contributed by atoms with Crippen molar-refractivity contribution in [2.24, 2.45) is 0 Å². The number of benzene rings is 3. The highest BCUT2D eigenvalue weighted by molar-refractivity contribution is 6.33. The van der Waals surface area contributed by atoms with Crippen molar-refractivity contribution in [3.8, 4) is 5.75 Å². The maximum Gasteiger partial charge on any atom is 0.255 e. The van der Waals surface area contributed by atoms with E-state index in [1.54, 1.807) is 54.6 Å². The standard InChI is InChI=1S/C29H29ClFN3O2/c1-20(33-27-18-24(36-2)17-22-8-5-15-32-28(22)27)7-6-16-34(19-21-11-13-23(31)14-12-21)29(35)25-9-3-4-10-26(25)30/h3-5,8-15,17-18,20,33H,6-7,16,19H2,1-2H3. The Labute approximate surface area is 215 Å². The van der Waals surface area contributed by atoms with Gasteiger partial charge in [-0.2, -0.15) is 0 Å². The maximum atomic E-state index is 13.4. The topological polar surface area (TPSA) is 54.5 Å². The number of hydrogen-bond acceptors (Lipinski definition) is 4. The molecule has 1 N–H and O–H groups in total. The Kier molecular flexibility index (Phi) is 8.39. The maximum absolute atomic E-state index is 13.4. The normalized spacial score (nSPS) is 11.8. The fourth-order valence-corrected chi connectivity index (χ4v) is 4.40. The van der Waals surface area contributed by atoms with Crippen molar-refractivity contribution in [3.05, 3.63) is 101 Å². The molecular formula is C29H29ClFN3O2. The molecule has 0 saturated carbocycles. The zero-order chi connectivity index (χ0) is 25.5. The van der Waals surface area contributed by atoms with Crippen molar-refractivity contribution >= 4 is 34.1 Å². The van der Waals surface area contributed by atoms with Gasteiger partial charge >= 0.3 is 0 Å². The van der Waals surface area contributed by atoms with Crippen molar-refractivity contribution in [1.29, 1.82) is 0 Å². The molecule has 5 nitrogen and oxygen atoms in total. The van der Waals surface area contributed by atoms with Crippen molar-refractivity contribution in [2.75, 3.05) is 19.0 Å². The first-order chi connectivity index (χ1) is 17.4. The Hall–Kier alpha value is -3.64. The minimum Gasteiger partial charge on any atom is -0.497 e. The van der Waals surface area contributed by atoms with E-state index in [2.05, 4.69) is 17.2 Å². The van der Waals surface area contributed by atoms with Gasteiger partial charge in [0.2, 0.25) is 0 Å². The zero-order valence-electron chi connectivity index (χ0n) is 20.4. The molecule has 3 aromatic carbocycles. The predicted molar refractivity (Wildman–Crippen MR) is 143 cm³/mol. The third-order valence-corrected chi connectivity index (χ3v) is 6.39. The van der Waals surface area contributed by atoms with Gasteiger partial charge in [0, 0.05) is 36.8 Å². The van der Waals surface area contributed by atoms with Crippen LogP contribution < -0.4 is 10.1 Å². The number of rotatable bonds is 10. The Morgan fingerprint density at radius 1 is 1.11 bits per heavy atom. The molecule has 0 bridgehead atoms. The van der Waals surface area contributed by atoms with E-state index in [9.17, 15) is 9.18 Å². The Bertz CT molecular complexity index is 1330. The quantitative estimate of drug-likeness (QED) is 0.253. The van der Waals surface area contributed by atoms with E-state index in [-0.39, 0.29) is 17.8 Å². The molecule has 4 aromatic rings. The molecule has 1 atom stereocenters. The second-order valence-corrected chi connectivity index (χ2v) is 9.18. The molecule has 0 radical (unpaired) electrons. The van der Waals surface area contributed by atoms with Crippen LogP contribution in [-0.4, -0.2) is 35.5 Å². The number of aromatic nitrogens is 1. The van der Waals surface area contributed by atoms with Crippen LogP contribution in [0, 0.1) is 5.82 Å². The number of carbonyl (C=O) groups excluding carboxylic acids is 1. The number of pyridine rings is 1. The number of halogens is 2. The van der Waals surface area contributed by atoms with Crippen LogP contribution in [0.3, 0.4) is 0 Å². The first kappa shape index (κ1) is 25.5. The number of fused-ring (bicyclic) bond motifs is 1. The van der Waals surface area contributed by atoms with E-state index in [0.717, 1.165) is 40.7 Å². The van der Waals surface area contributed by atoms with Gasteiger partial charge in [-0.25, -0.2) is 4.39 Å². The average Bonchev–Trinajstić information content (AvgIpc) is 2.89. The SMILES string of the molecule is COc1cc(NC(C)CCCN(Cc2ccc(F)cc2)C(=O)c2ccccc2Cl)c2ncccc2c1. The highest BCUT2D eigenvalue weighted by Gasteiger charge is 2.19. The highest BCUT2D eigenvalue weighted by Crippen LogP contribution is 2.28. The number of anilines is 1. The highest BCUT2D eigenvalue weighted by atomic mass is 35.5. The van der Waals surface area contributed by atoms with E-state index in [0.29, 0.717) is 23.7 Å². The molecule has 7 heteroatoms. The summed E-state index contributed by atoms with van der Waals surface area (Å²) in [6.45, 7) is 3.01. The molecule has 0 aliphatic carbocycles. The Morgan fingerprint density at radius 2 is 1.89 bits per heavy atom. The van der Waals surface area contributed by atoms with E-state index in [4.69, 9.17) is 16.3 Å². The van der Waals surface area contributed by atoms with Gasteiger partial charge in [-0.3, -0.25) is 9.78 Å². The Balaban J connectivity index is 1.45. The molecule has 0 aliphatic rings. The average molecular weight is 506 g/mol. The molecule has 0 fully saturated rings. The second-order valence-electron chi connectivity index (χ2n) is 8.77. The van der Waals surface area contributed by atoms with Crippen molar-refractivity contribution in [3.63, 3.8) is 0 Å². The van der Waals surface area contributed by atoms with Crippen LogP contribution in [0.2, 0.25) is 5.02 Å². The second kappa shape index (κ2) is 11.9. The third-order valence-electron chi connectivity index (χ3n) is 6.06. The van der Waals surface area contributed by atoms with Crippen molar-refractivity contribution < 1.29 is 13.9 Å². The lowest BCUT2D eigenvalue weighted by molar-refractivity contribution is 0.0740. The molecule has 1 amide bonds. The lowest BCUT2D eigenvalue weighted by Crippen LogP contribution is -2.32. The number of nitrogens with one attached hydrogen (secondary N) is 1. The molecule has 1 unspecified atom stereocenters. The summed E-state index contributed by atoms with van der Waals surface area (Å²) in [5.74, 6) is 0.316. The van der Waals surface area contributed by atoms with Gasteiger partial charge in [-0.15, -0.1) is 0 Å². The smallest absolute Gasteiger partial charge is 0.255 e. The zero-order valence-corrected chi connectivity index (χ0v) is 21.1. The van der Waals surface area contributed by atoms with Gasteiger partial charge in [0.25, 0.3) is 5.91 Å². The summed E-state index contributed by atoms with van der Waals surface area (Å²) < 4.78 is 18.9. The lowest BCUT2D eigenvalue weighted by atomic mass is 10.1. The molecule has 0 spiro atoms. The van der Waals surface area contributed by atoms with Crippen LogP contribution in [0.1, 0.15) is 35.7 Å². The van der Waals surface area contributed by atoms with E-state index >= 15 is 0 Å². The summed E-state index contributed by atoms with van der Waals surface area (Å²) in [5.41, 5.74) is 3.11. The van der Waals surface area contributed by atoms with Gasteiger partial charge in [-0.1, -0.05) is 41.9 Å². The van der Waals surface area contributed by atoms with Crippen molar-refractivity contribution in [2.45, 2.75) is 32.4 Å². The van der Waals surface area contributed by atoms with Gasteiger partial charge in [0.15, 0.2) is 0 Å². The number of ether oxygens (including phenoxy) is 1. The number of nitrogens with zero attached hydrogens (tertiary/aromatic N) is 2. The van der Waals surface area contributed by atoms with Crippen LogP contribution in [0.5, 0.6) is 5.75 Å². The molecule has 36 heavy (non-hydrogen) atoms. The molecule has 1 heterocycles. The fraction of sp³-hybridized carbons (Fsp3) is 0.241. The molecular weight excluding hydrogens is 477 g/mol. The largest absolute Gasteiger partial charge is 0.497 e. The summed E-state index contributed by atoms with van der Waals surface area (Å²) in [5, 5.41) is 4.97. The molecule has 1 aromatic heterocycles. The molecule has 4 rings (SSSR count). The van der Waals surface area contributed by atoms with Crippen LogP contribution in [-0.2, 0) is 6.54 Å². The van der Waals surface area contributed by atoms with Crippen LogP contribution >= 0.6 is 11.6 Å². The number of amides is 1. The van der Waals surface area contributed by atoms with Gasteiger partial charge < -0.3 is 15.0 Å². The van der Waals surface area contributed by atoms with Gasteiger partial charge in [-0.05, 0) is 61.7 Å². The molecule has 0 aliphatic heterocycles. The minimum atomic E-state index is -0.304. The van der Waals surface area contributed by atoms with E-state index < -0.39 is 0 Å². The molecule has 0 saturated heterocycles. The lowest BCUT2D eigenvalue weighted by Gasteiger charge is -2.25. The van der Waals surface area contributed by atoms with Gasteiger partial charge in [0.05, 0.1) is 28.9 Å². The summed E-state index contributed by atoms with van der Waals surface area (Å²) in [6.07, 6.45) is 3.36. The van der Waals surface area contributed by atoms with Crippen LogP contribution in [0.25, 0.3) is 10.9 Å². The fourth-order valence-electron chi connectivity index (χ4n) is 4.19. The van der Waals surface area contributed by atoms with Crippen molar-refractivity contribution in [1.82, 2.24) is 9.88 Å².